The second kappa shape index (κ2) is 8.63. The maximum Gasteiger partial charge on any atom is 0.191 e. The molecule has 1 fully saturated rings. The molecule has 0 radical (unpaired) electrons. The van der Waals surface area contributed by atoms with Gasteiger partial charge in [-0.3, -0.25) is 0 Å². The first kappa shape index (κ1) is 18.3. The van der Waals surface area contributed by atoms with Gasteiger partial charge in [-0.25, -0.2) is 4.99 Å². The Morgan fingerprint density at radius 2 is 2.19 bits per heavy atom. The topological polar surface area (TPSA) is 69.8 Å². The molecule has 0 amide bonds. The minimum Gasteiger partial charge on any atom is -0.466 e. The third-order valence-electron chi connectivity index (χ3n) is 3.64. The minimum absolute atomic E-state index is 0. The molecule has 0 saturated heterocycles. The van der Waals surface area contributed by atoms with Crippen molar-refractivity contribution in [3.8, 4) is 0 Å². The molecule has 0 aromatic carbocycles. The summed E-state index contributed by atoms with van der Waals surface area (Å²) in [5.41, 5.74) is -1.08. The number of rotatable bonds is 5. The van der Waals surface area contributed by atoms with E-state index < -0.39 is 5.60 Å². The number of aliphatic imine (C=N–C) groups is 1. The molecule has 1 saturated carbocycles. The van der Waals surface area contributed by atoms with E-state index in [2.05, 4.69) is 15.6 Å². The molecule has 1 unspecified atom stereocenters. The van der Waals surface area contributed by atoms with Gasteiger partial charge < -0.3 is 20.2 Å². The van der Waals surface area contributed by atoms with Crippen LogP contribution >= 0.6 is 24.0 Å². The Morgan fingerprint density at radius 1 is 1.48 bits per heavy atom. The van der Waals surface area contributed by atoms with Crippen LogP contribution in [0, 0.1) is 0 Å². The Kier molecular flexibility index (Phi) is 7.51. The molecule has 120 valence electrons. The zero-order valence-corrected chi connectivity index (χ0v) is 15.1. The van der Waals surface area contributed by atoms with Gasteiger partial charge in [-0.15, -0.1) is 24.0 Å². The lowest BCUT2D eigenvalue weighted by atomic mass is 10.0. The summed E-state index contributed by atoms with van der Waals surface area (Å²) >= 11 is 0. The third kappa shape index (κ3) is 5.50. The Morgan fingerprint density at radius 3 is 2.76 bits per heavy atom. The number of nitrogens with one attached hydrogen (secondary N) is 2. The fraction of sp³-hybridized carbons (Fsp3) is 0.667. The van der Waals surface area contributed by atoms with E-state index in [1.807, 2.05) is 6.92 Å². The predicted octanol–water partition coefficient (Wildman–Crippen LogP) is 2.60. The van der Waals surface area contributed by atoms with Crippen LogP contribution in [0.5, 0.6) is 0 Å². The molecule has 3 N–H and O–H groups in total. The number of furan rings is 1. The molecule has 21 heavy (non-hydrogen) atoms. The van der Waals surface area contributed by atoms with Gasteiger partial charge >= 0.3 is 0 Å². The molecule has 1 aromatic rings. The lowest BCUT2D eigenvalue weighted by Gasteiger charge is -2.21. The van der Waals surface area contributed by atoms with Crippen LogP contribution < -0.4 is 10.6 Å². The third-order valence-corrected chi connectivity index (χ3v) is 3.64. The lowest BCUT2D eigenvalue weighted by molar-refractivity contribution is 0.0436. The van der Waals surface area contributed by atoms with Crippen LogP contribution in [-0.4, -0.2) is 30.2 Å². The number of hydrogen-bond acceptors (Lipinski definition) is 3. The van der Waals surface area contributed by atoms with Gasteiger partial charge in [-0.2, -0.15) is 0 Å². The zero-order valence-electron chi connectivity index (χ0n) is 12.8. The molecule has 0 spiro atoms. The first-order valence-electron chi connectivity index (χ1n) is 7.43. The second-order valence-electron chi connectivity index (χ2n) is 5.57. The van der Waals surface area contributed by atoms with E-state index in [0.717, 1.165) is 12.5 Å². The summed E-state index contributed by atoms with van der Waals surface area (Å²) in [6.07, 6.45) is 6.51. The first-order chi connectivity index (χ1) is 9.62. The fourth-order valence-corrected chi connectivity index (χ4v) is 2.48. The van der Waals surface area contributed by atoms with Crippen LogP contribution in [0.25, 0.3) is 0 Å². The lowest BCUT2D eigenvalue weighted by Crippen LogP contribution is -2.43. The van der Waals surface area contributed by atoms with Crippen molar-refractivity contribution in [1.29, 1.82) is 0 Å². The van der Waals surface area contributed by atoms with Crippen molar-refractivity contribution >= 4 is 29.9 Å². The van der Waals surface area contributed by atoms with Gasteiger partial charge in [-0.1, -0.05) is 12.8 Å². The van der Waals surface area contributed by atoms with Crippen LogP contribution in [0.3, 0.4) is 0 Å². The van der Waals surface area contributed by atoms with E-state index in [0.29, 0.717) is 11.8 Å². The van der Waals surface area contributed by atoms with E-state index in [1.165, 1.54) is 25.7 Å². The van der Waals surface area contributed by atoms with E-state index >= 15 is 0 Å². The summed E-state index contributed by atoms with van der Waals surface area (Å²) in [5.74, 6) is 1.31. The smallest absolute Gasteiger partial charge is 0.191 e. The Bertz CT molecular complexity index is 426. The highest BCUT2D eigenvalue weighted by molar-refractivity contribution is 14.0. The fourth-order valence-electron chi connectivity index (χ4n) is 2.48. The van der Waals surface area contributed by atoms with Crippen molar-refractivity contribution < 1.29 is 9.52 Å². The minimum atomic E-state index is -1.08. The van der Waals surface area contributed by atoms with Crippen molar-refractivity contribution in [3.05, 3.63) is 24.2 Å². The molecule has 1 heterocycles. The number of halogens is 1. The summed E-state index contributed by atoms with van der Waals surface area (Å²) in [5, 5.41) is 17.1. The molecule has 1 aromatic heterocycles. The highest BCUT2D eigenvalue weighted by Gasteiger charge is 2.26. The molecular weight excluding hydrogens is 381 g/mol. The number of hydrogen-bond donors (Lipinski definition) is 3. The predicted molar refractivity (Wildman–Crippen MR) is 95.1 cm³/mol. The van der Waals surface area contributed by atoms with Gasteiger partial charge in [-0.05, 0) is 38.8 Å². The highest BCUT2D eigenvalue weighted by atomic mass is 127. The van der Waals surface area contributed by atoms with Crippen LogP contribution in [0.4, 0.5) is 0 Å². The largest absolute Gasteiger partial charge is 0.466 e. The summed E-state index contributed by atoms with van der Waals surface area (Å²) in [6.45, 7) is 4.83. The van der Waals surface area contributed by atoms with Crippen LogP contribution in [0.2, 0.25) is 0 Å². The average molecular weight is 407 g/mol. The van der Waals surface area contributed by atoms with Crippen molar-refractivity contribution in [3.63, 3.8) is 0 Å². The SMILES string of the molecule is CCNC(=NCC(C)(O)c1ccco1)NC1CCCC1.I. The highest BCUT2D eigenvalue weighted by Crippen LogP contribution is 2.21. The van der Waals surface area contributed by atoms with Crippen molar-refractivity contribution in [2.45, 2.75) is 51.2 Å². The molecule has 2 rings (SSSR count). The number of guanidine groups is 1. The second-order valence-corrected chi connectivity index (χ2v) is 5.57. The Hall–Kier alpha value is -0.760. The van der Waals surface area contributed by atoms with E-state index in [4.69, 9.17) is 4.42 Å². The zero-order chi connectivity index (χ0) is 14.4. The summed E-state index contributed by atoms with van der Waals surface area (Å²) < 4.78 is 5.26. The van der Waals surface area contributed by atoms with Gasteiger partial charge in [0.1, 0.15) is 11.4 Å². The van der Waals surface area contributed by atoms with E-state index in [1.54, 1.807) is 25.3 Å². The van der Waals surface area contributed by atoms with Crippen molar-refractivity contribution in [2.24, 2.45) is 4.99 Å². The Balaban J connectivity index is 0.00000220. The van der Waals surface area contributed by atoms with Gasteiger partial charge in [0.25, 0.3) is 0 Å². The first-order valence-corrected chi connectivity index (χ1v) is 7.43. The van der Waals surface area contributed by atoms with E-state index in [9.17, 15) is 5.11 Å². The summed E-state index contributed by atoms with van der Waals surface area (Å²) in [4.78, 5) is 4.49. The number of nitrogens with zero attached hydrogens (tertiary/aromatic N) is 1. The van der Waals surface area contributed by atoms with Gasteiger partial charge in [0.05, 0.1) is 12.8 Å². The Labute approximate surface area is 143 Å². The molecule has 1 atom stereocenters. The standard InChI is InChI=1S/C15H25N3O2.HI/c1-3-16-14(18-12-7-4-5-8-12)17-11-15(2,19)13-9-6-10-20-13;/h6,9-10,12,19H,3-5,7-8,11H2,1-2H3,(H2,16,17,18);1H. The summed E-state index contributed by atoms with van der Waals surface area (Å²) in [6, 6.07) is 4.05. The van der Waals surface area contributed by atoms with Crippen LogP contribution in [0.15, 0.2) is 27.8 Å². The molecule has 5 nitrogen and oxygen atoms in total. The number of aliphatic hydroxyl groups is 1. The van der Waals surface area contributed by atoms with Crippen molar-refractivity contribution in [1.82, 2.24) is 10.6 Å². The molecule has 1 aliphatic rings. The summed E-state index contributed by atoms with van der Waals surface area (Å²) in [7, 11) is 0. The maximum absolute atomic E-state index is 10.4. The molecule has 1 aliphatic carbocycles. The normalized spacial score (nSPS) is 18.9. The average Bonchev–Trinajstić information content (AvgIpc) is 3.09. The van der Waals surface area contributed by atoms with Crippen LogP contribution in [0.1, 0.15) is 45.3 Å². The van der Waals surface area contributed by atoms with Crippen LogP contribution in [-0.2, 0) is 5.60 Å². The molecule has 0 aliphatic heterocycles. The molecule has 0 bridgehead atoms. The van der Waals surface area contributed by atoms with E-state index in [-0.39, 0.29) is 30.5 Å². The quantitative estimate of drug-likeness (QED) is 0.399. The molecular formula is C15H26IN3O2. The van der Waals surface area contributed by atoms with Gasteiger partial charge in [0.2, 0.25) is 0 Å². The van der Waals surface area contributed by atoms with Gasteiger partial charge in [0, 0.05) is 12.6 Å². The van der Waals surface area contributed by atoms with Gasteiger partial charge in [0.15, 0.2) is 5.96 Å². The maximum atomic E-state index is 10.4. The molecule has 6 heteroatoms. The van der Waals surface area contributed by atoms with Crippen molar-refractivity contribution in [2.75, 3.05) is 13.1 Å². The monoisotopic (exact) mass is 407 g/mol.